The van der Waals surface area contributed by atoms with E-state index in [1.165, 1.54) is 18.2 Å². The summed E-state index contributed by atoms with van der Waals surface area (Å²) in [7, 11) is 0. The molecular formula is C20H12N2O4. The third-order valence-electron chi connectivity index (χ3n) is 3.94. The molecule has 3 rings (SSSR count). The number of hydrogen-bond donors (Lipinski definition) is 2. The summed E-state index contributed by atoms with van der Waals surface area (Å²) in [6.45, 7) is 0. The van der Waals surface area contributed by atoms with Crippen LogP contribution in [0.25, 0.3) is 10.8 Å². The van der Waals surface area contributed by atoms with E-state index < -0.39 is 11.9 Å². The van der Waals surface area contributed by atoms with E-state index in [0.29, 0.717) is 17.2 Å². The number of nitriles is 1. The normalized spacial score (nSPS) is 10.1. The van der Waals surface area contributed by atoms with Crippen LogP contribution >= 0.6 is 0 Å². The predicted octanol–water partition coefficient (Wildman–Crippen LogP) is 3.47. The van der Waals surface area contributed by atoms with Gasteiger partial charge in [-0.25, -0.2) is 4.79 Å². The molecule has 0 aliphatic carbocycles. The summed E-state index contributed by atoms with van der Waals surface area (Å²) in [6.07, 6.45) is 0.670. The summed E-state index contributed by atoms with van der Waals surface area (Å²) < 4.78 is 0. The molecule has 0 radical (unpaired) electrons. The smallest absolute Gasteiger partial charge is 0.337 e. The molecule has 26 heavy (non-hydrogen) atoms. The van der Waals surface area contributed by atoms with E-state index >= 15 is 0 Å². The number of carboxylic acids is 1. The molecule has 2 N–H and O–H groups in total. The molecule has 0 unspecified atom stereocenters. The molecule has 0 spiro atoms. The van der Waals surface area contributed by atoms with Gasteiger partial charge in [0.15, 0.2) is 6.29 Å². The molecule has 3 aromatic rings. The van der Waals surface area contributed by atoms with Gasteiger partial charge in [0.2, 0.25) is 0 Å². The summed E-state index contributed by atoms with van der Waals surface area (Å²) in [5, 5.41) is 22.0. The Kier molecular flexibility index (Phi) is 4.46. The highest BCUT2D eigenvalue weighted by atomic mass is 16.4. The first-order valence-corrected chi connectivity index (χ1v) is 7.61. The highest BCUT2D eigenvalue weighted by Crippen LogP contribution is 2.24. The van der Waals surface area contributed by atoms with Crippen LogP contribution in [0.3, 0.4) is 0 Å². The standard InChI is InChI=1S/C20H12N2O4/c21-10-12-7-8-17(16(9-12)20(25)26)22-19(24)15-6-2-4-13-3-1-5-14(11-23)18(13)15/h1-9,11H,(H,22,24)(H,25,26). The molecule has 0 bridgehead atoms. The summed E-state index contributed by atoms with van der Waals surface area (Å²) in [6, 6.07) is 16.0. The van der Waals surface area contributed by atoms with Crippen LogP contribution in [0.15, 0.2) is 54.6 Å². The van der Waals surface area contributed by atoms with E-state index in [-0.39, 0.29) is 22.4 Å². The van der Waals surface area contributed by atoms with E-state index in [9.17, 15) is 19.5 Å². The number of rotatable bonds is 4. The molecule has 0 atom stereocenters. The SMILES string of the molecule is N#Cc1ccc(NC(=O)c2cccc3cccc(C=O)c23)c(C(=O)O)c1. The second-order valence-corrected chi connectivity index (χ2v) is 5.50. The van der Waals surface area contributed by atoms with Crippen LogP contribution in [0.2, 0.25) is 0 Å². The quantitative estimate of drug-likeness (QED) is 0.705. The van der Waals surface area contributed by atoms with Crippen LogP contribution in [-0.4, -0.2) is 23.3 Å². The summed E-state index contributed by atoms with van der Waals surface area (Å²) in [5.41, 5.74) is 0.682. The summed E-state index contributed by atoms with van der Waals surface area (Å²) in [5.74, 6) is -1.80. The Bertz CT molecular complexity index is 1090. The first-order valence-electron chi connectivity index (χ1n) is 7.61. The van der Waals surface area contributed by atoms with Crippen LogP contribution < -0.4 is 5.32 Å². The van der Waals surface area contributed by atoms with Gasteiger partial charge in [0, 0.05) is 16.5 Å². The first kappa shape index (κ1) is 16.9. The fraction of sp³-hybridized carbons (Fsp3) is 0. The molecule has 6 heteroatoms. The van der Waals surface area contributed by atoms with Crippen molar-refractivity contribution in [3.8, 4) is 6.07 Å². The minimum Gasteiger partial charge on any atom is -0.478 e. The van der Waals surface area contributed by atoms with Crippen LogP contribution in [-0.2, 0) is 0 Å². The van der Waals surface area contributed by atoms with Crippen molar-refractivity contribution in [1.29, 1.82) is 5.26 Å². The Morgan fingerprint density at radius 1 is 1.04 bits per heavy atom. The molecule has 6 nitrogen and oxygen atoms in total. The number of fused-ring (bicyclic) bond motifs is 1. The second kappa shape index (κ2) is 6.87. The molecule has 0 aliphatic rings. The van der Waals surface area contributed by atoms with E-state index in [0.717, 1.165) is 5.39 Å². The van der Waals surface area contributed by atoms with Gasteiger partial charge in [-0.05, 0) is 29.7 Å². The van der Waals surface area contributed by atoms with E-state index in [1.54, 1.807) is 36.4 Å². The number of anilines is 1. The van der Waals surface area contributed by atoms with Gasteiger partial charge in [-0.2, -0.15) is 5.26 Å². The van der Waals surface area contributed by atoms with Crippen molar-refractivity contribution >= 4 is 34.6 Å². The van der Waals surface area contributed by atoms with E-state index in [2.05, 4.69) is 5.32 Å². The Morgan fingerprint density at radius 2 is 1.77 bits per heavy atom. The van der Waals surface area contributed by atoms with Gasteiger partial charge in [0.1, 0.15) is 0 Å². The summed E-state index contributed by atoms with van der Waals surface area (Å²) in [4.78, 5) is 35.5. The molecule has 0 saturated carbocycles. The average Bonchev–Trinajstić information content (AvgIpc) is 2.67. The first-order chi connectivity index (χ1) is 12.5. The molecular weight excluding hydrogens is 332 g/mol. The van der Waals surface area contributed by atoms with Gasteiger partial charge >= 0.3 is 5.97 Å². The number of carbonyl (C=O) groups is 3. The largest absolute Gasteiger partial charge is 0.478 e. The molecule has 0 aromatic heterocycles. The third kappa shape index (κ3) is 3.01. The zero-order valence-corrected chi connectivity index (χ0v) is 13.4. The van der Waals surface area contributed by atoms with Crippen LogP contribution in [0.1, 0.15) is 36.6 Å². The number of aromatic carboxylic acids is 1. The van der Waals surface area contributed by atoms with Crippen molar-refractivity contribution in [3.63, 3.8) is 0 Å². The molecule has 0 fully saturated rings. The number of carbonyl (C=O) groups excluding carboxylic acids is 2. The zero-order chi connectivity index (χ0) is 18.7. The lowest BCUT2D eigenvalue weighted by molar-refractivity contribution is 0.0698. The monoisotopic (exact) mass is 344 g/mol. The molecule has 0 heterocycles. The maximum Gasteiger partial charge on any atom is 0.337 e. The van der Waals surface area contributed by atoms with Gasteiger partial charge < -0.3 is 10.4 Å². The Balaban J connectivity index is 2.08. The number of carboxylic acid groups (broad SMARTS) is 1. The lowest BCUT2D eigenvalue weighted by atomic mass is 9.99. The molecule has 0 aliphatic heterocycles. The maximum absolute atomic E-state index is 12.7. The minimum atomic E-state index is -1.26. The van der Waals surface area contributed by atoms with E-state index in [1.807, 2.05) is 6.07 Å². The van der Waals surface area contributed by atoms with Gasteiger partial charge in [-0.3, -0.25) is 9.59 Å². The van der Waals surface area contributed by atoms with Gasteiger partial charge in [-0.1, -0.05) is 30.3 Å². The van der Waals surface area contributed by atoms with Crippen molar-refractivity contribution < 1.29 is 19.5 Å². The van der Waals surface area contributed by atoms with E-state index in [4.69, 9.17) is 5.26 Å². The maximum atomic E-state index is 12.7. The fourth-order valence-corrected chi connectivity index (χ4v) is 2.75. The van der Waals surface area contributed by atoms with Crippen LogP contribution in [0.4, 0.5) is 5.69 Å². The molecule has 3 aromatic carbocycles. The number of nitrogens with zero attached hydrogens (tertiary/aromatic N) is 1. The predicted molar refractivity (Wildman–Crippen MR) is 95.4 cm³/mol. The number of amides is 1. The number of nitrogens with one attached hydrogen (secondary N) is 1. The number of hydrogen-bond acceptors (Lipinski definition) is 4. The lowest BCUT2D eigenvalue weighted by Crippen LogP contribution is -2.15. The van der Waals surface area contributed by atoms with Crippen molar-refractivity contribution in [2.45, 2.75) is 0 Å². The highest BCUT2D eigenvalue weighted by Gasteiger charge is 2.17. The molecule has 126 valence electrons. The summed E-state index contributed by atoms with van der Waals surface area (Å²) >= 11 is 0. The fourth-order valence-electron chi connectivity index (χ4n) is 2.75. The van der Waals surface area contributed by atoms with Gasteiger partial charge in [0.05, 0.1) is 22.9 Å². The number of aldehydes is 1. The Hall–Kier alpha value is -3.98. The zero-order valence-electron chi connectivity index (χ0n) is 13.4. The lowest BCUT2D eigenvalue weighted by Gasteiger charge is -2.11. The molecule has 0 saturated heterocycles. The highest BCUT2D eigenvalue weighted by molar-refractivity contribution is 6.17. The topological polar surface area (TPSA) is 107 Å². The van der Waals surface area contributed by atoms with Gasteiger partial charge in [-0.15, -0.1) is 0 Å². The van der Waals surface area contributed by atoms with Crippen molar-refractivity contribution in [1.82, 2.24) is 0 Å². The van der Waals surface area contributed by atoms with Crippen LogP contribution in [0, 0.1) is 11.3 Å². The Labute approximate surface area is 148 Å². The minimum absolute atomic E-state index is 0.0714. The average molecular weight is 344 g/mol. The Morgan fingerprint density at radius 3 is 2.42 bits per heavy atom. The van der Waals surface area contributed by atoms with Crippen LogP contribution in [0.5, 0.6) is 0 Å². The van der Waals surface area contributed by atoms with Gasteiger partial charge in [0.25, 0.3) is 5.91 Å². The second-order valence-electron chi connectivity index (χ2n) is 5.50. The molecule has 1 amide bonds. The van der Waals surface area contributed by atoms with Crippen molar-refractivity contribution in [2.75, 3.05) is 5.32 Å². The van der Waals surface area contributed by atoms with Crippen molar-refractivity contribution in [2.24, 2.45) is 0 Å². The number of benzene rings is 3. The third-order valence-corrected chi connectivity index (χ3v) is 3.94. The van der Waals surface area contributed by atoms with Crippen molar-refractivity contribution in [3.05, 3.63) is 76.9 Å².